The summed E-state index contributed by atoms with van der Waals surface area (Å²) < 4.78 is 0. The van der Waals surface area contributed by atoms with Crippen LogP contribution in [0.15, 0.2) is 0 Å². The van der Waals surface area contributed by atoms with Crippen molar-refractivity contribution in [2.45, 2.75) is 144 Å². The van der Waals surface area contributed by atoms with Crippen LogP contribution in [0.25, 0.3) is 0 Å². The van der Waals surface area contributed by atoms with Crippen LogP contribution >= 0.6 is 0 Å². The monoisotopic (exact) mass is 458 g/mol. The van der Waals surface area contributed by atoms with Gasteiger partial charge in [0.15, 0.2) is 0 Å². The van der Waals surface area contributed by atoms with Gasteiger partial charge in [-0.1, -0.05) is 74.7 Å². The van der Waals surface area contributed by atoms with Gasteiger partial charge >= 0.3 is 0 Å². The van der Waals surface area contributed by atoms with E-state index in [-0.39, 0.29) is 5.41 Å². The third kappa shape index (κ3) is 4.97. The lowest BCUT2D eigenvalue weighted by atomic mass is 9.43. The Kier molecular flexibility index (Phi) is 7.19. The summed E-state index contributed by atoms with van der Waals surface area (Å²) in [4.78, 5) is 0. The summed E-state index contributed by atoms with van der Waals surface area (Å²) in [5.74, 6) is 6.33. The number of hydrogen-bond donors (Lipinski definition) is 1. The zero-order valence-corrected chi connectivity index (χ0v) is 23.7. The Bertz CT molecular complexity index is 674. The first-order valence-electron chi connectivity index (χ1n) is 15.0. The average molecular weight is 459 g/mol. The highest BCUT2D eigenvalue weighted by molar-refractivity contribution is 5.11. The van der Waals surface area contributed by atoms with Crippen molar-refractivity contribution in [1.82, 2.24) is 0 Å². The van der Waals surface area contributed by atoms with E-state index in [1.165, 1.54) is 64.2 Å². The molecule has 4 saturated carbocycles. The van der Waals surface area contributed by atoms with Gasteiger partial charge in [-0.15, -0.1) is 0 Å². The van der Waals surface area contributed by atoms with Crippen molar-refractivity contribution < 1.29 is 5.11 Å². The fraction of sp³-hybridized carbons (Fsp3) is 1.00. The Morgan fingerprint density at radius 3 is 2.18 bits per heavy atom. The lowest BCUT2D eigenvalue weighted by Crippen LogP contribution is -2.56. The van der Waals surface area contributed by atoms with Crippen LogP contribution in [-0.2, 0) is 0 Å². The van der Waals surface area contributed by atoms with Crippen LogP contribution in [0.5, 0.6) is 0 Å². The second-order valence-electron chi connectivity index (χ2n) is 15.9. The number of fused-ring (bicyclic) bond motifs is 5. The standard InChI is InChI=1S/C32H58O/c1-22(2)10-9-11-23(3)26-14-15-27-25-13-12-24-20-32(33,21-29(4,5)6)19-18-30(24,7)28(25)16-17-31(26,27)8/h22-28,33H,9-21H2,1-8H3/t23-,24+,25-,26+,27-,28-,30+,31-,32+/m1/s1. The maximum absolute atomic E-state index is 11.5. The molecule has 0 amide bonds. The van der Waals surface area contributed by atoms with E-state index in [1.54, 1.807) is 0 Å². The minimum atomic E-state index is -0.414. The van der Waals surface area contributed by atoms with Gasteiger partial charge in [0, 0.05) is 0 Å². The van der Waals surface area contributed by atoms with Gasteiger partial charge in [0.2, 0.25) is 0 Å². The van der Waals surface area contributed by atoms with Gasteiger partial charge in [-0.05, 0) is 122 Å². The topological polar surface area (TPSA) is 20.2 Å². The normalized spacial score (nSPS) is 46.5. The third-order valence-electron chi connectivity index (χ3n) is 11.9. The van der Waals surface area contributed by atoms with Crippen molar-refractivity contribution in [2.75, 3.05) is 0 Å². The van der Waals surface area contributed by atoms with Gasteiger partial charge in [0.05, 0.1) is 5.60 Å². The zero-order chi connectivity index (χ0) is 24.2. The Morgan fingerprint density at radius 2 is 1.52 bits per heavy atom. The highest BCUT2D eigenvalue weighted by Crippen LogP contribution is 2.69. The first-order chi connectivity index (χ1) is 15.3. The molecule has 1 nitrogen and oxygen atoms in total. The van der Waals surface area contributed by atoms with Crippen molar-refractivity contribution in [3.05, 3.63) is 0 Å². The van der Waals surface area contributed by atoms with E-state index in [4.69, 9.17) is 0 Å². The lowest BCUT2D eigenvalue weighted by Gasteiger charge is -2.62. The second-order valence-corrected chi connectivity index (χ2v) is 15.9. The molecule has 192 valence electrons. The average Bonchev–Trinajstić information content (AvgIpc) is 3.04. The van der Waals surface area contributed by atoms with Gasteiger partial charge in [0.1, 0.15) is 0 Å². The molecule has 0 aliphatic heterocycles. The van der Waals surface area contributed by atoms with Gasteiger partial charge in [-0.2, -0.15) is 0 Å². The summed E-state index contributed by atoms with van der Waals surface area (Å²) in [6, 6.07) is 0. The van der Waals surface area contributed by atoms with E-state index in [1.807, 2.05) is 0 Å². The summed E-state index contributed by atoms with van der Waals surface area (Å²) in [5.41, 5.74) is 0.887. The molecule has 9 atom stereocenters. The minimum absolute atomic E-state index is 0.219. The van der Waals surface area contributed by atoms with E-state index in [9.17, 15) is 5.11 Å². The Morgan fingerprint density at radius 1 is 0.818 bits per heavy atom. The van der Waals surface area contributed by atoms with Gasteiger partial charge in [0.25, 0.3) is 0 Å². The van der Waals surface area contributed by atoms with Crippen LogP contribution in [0.1, 0.15) is 139 Å². The molecule has 0 spiro atoms. The van der Waals surface area contributed by atoms with E-state index < -0.39 is 5.60 Å². The van der Waals surface area contributed by atoms with Crippen molar-refractivity contribution in [3.8, 4) is 0 Å². The summed E-state index contributed by atoms with van der Waals surface area (Å²) in [7, 11) is 0. The molecule has 1 N–H and O–H groups in total. The van der Waals surface area contributed by atoms with Crippen LogP contribution in [0.4, 0.5) is 0 Å². The second kappa shape index (κ2) is 9.12. The van der Waals surface area contributed by atoms with E-state index in [0.29, 0.717) is 10.8 Å². The Balaban J connectivity index is 1.45. The molecule has 0 aromatic heterocycles. The largest absolute Gasteiger partial charge is 0.390 e. The van der Waals surface area contributed by atoms with Crippen LogP contribution in [0, 0.1) is 57.7 Å². The zero-order valence-electron chi connectivity index (χ0n) is 23.7. The first kappa shape index (κ1) is 26.0. The fourth-order valence-electron chi connectivity index (χ4n) is 10.5. The minimum Gasteiger partial charge on any atom is -0.390 e. The highest BCUT2D eigenvalue weighted by Gasteiger charge is 2.61. The van der Waals surface area contributed by atoms with Crippen molar-refractivity contribution in [1.29, 1.82) is 0 Å². The fourth-order valence-corrected chi connectivity index (χ4v) is 10.5. The molecule has 0 radical (unpaired) electrons. The van der Waals surface area contributed by atoms with Crippen LogP contribution in [0.2, 0.25) is 0 Å². The summed E-state index contributed by atoms with van der Waals surface area (Å²) >= 11 is 0. The predicted octanol–water partition coefficient (Wildman–Crippen LogP) is 9.28. The van der Waals surface area contributed by atoms with Crippen molar-refractivity contribution in [2.24, 2.45) is 57.7 Å². The molecule has 4 aliphatic carbocycles. The number of aliphatic hydroxyl groups is 1. The molecule has 4 rings (SSSR count). The Hall–Kier alpha value is -0.0400. The maximum atomic E-state index is 11.5. The van der Waals surface area contributed by atoms with E-state index >= 15 is 0 Å². The summed E-state index contributed by atoms with van der Waals surface area (Å²) in [6.45, 7) is 19.7. The first-order valence-corrected chi connectivity index (χ1v) is 15.0. The molecule has 0 unspecified atom stereocenters. The predicted molar refractivity (Wildman–Crippen MR) is 142 cm³/mol. The summed E-state index contributed by atoms with van der Waals surface area (Å²) in [6.07, 6.45) is 17.4. The van der Waals surface area contributed by atoms with E-state index in [0.717, 1.165) is 60.7 Å². The number of rotatable bonds is 6. The van der Waals surface area contributed by atoms with Gasteiger partial charge < -0.3 is 5.11 Å². The van der Waals surface area contributed by atoms with Gasteiger partial charge in [-0.3, -0.25) is 0 Å². The molecule has 0 aromatic rings. The maximum Gasteiger partial charge on any atom is 0.0655 e. The molecule has 0 heterocycles. The van der Waals surface area contributed by atoms with Crippen molar-refractivity contribution >= 4 is 0 Å². The Labute approximate surface area is 207 Å². The van der Waals surface area contributed by atoms with Crippen LogP contribution in [0.3, 0.4) is 0 Å². The lowest BCUT2D eigenvalue weighted by molar-refractivity contribution is -0.158. The molecule has 4 aliphatic rings. The van der Waals surface area contributed by atoms with Crippen LogP contribution < -0.4 is 0 Å². The molecule has 4 fully saturated rings. The van der Waals surface area contributed by atoms with E-state index in [2.05, 4.69) is 55.4 Å². The molecule has 33 heavy (non-hydrogen) atoms. The SMILES string of the molecule is CC(C)CCC[C@@H](C)[C@@H]1CC[C@@H]2[C@H]3CC[C@H]4C[C@](O)(CC(C)(C)C)CC[C@]4(C)[C@@H]3CC[C@@]21C. The van der Waals surface area contributed by atoms with Crippen molar-refractivity contribution in [3.63, 3.8) is 0 Å². The molecular formula is C32H58O. The third-order valence-corrected chi connectivity index (χ3v) is 11.9. The smallest absolute Gasteiger partial charge is 0.0655 e. The highest BCUT2D eigenvalue weighted by atomic mass is 16.3. The number of hydrogen-bond acceptors (Lipinski definition) is 1. The van der Waals surface area contributed by atoms with Gasteiger partial charge in [-0.25, -0.2) is 0 Å². The molecule has 0 aromatic carbocycles. The molecular weight excluding hydrogens is 400 g/mol. The molecule has 0 bridgehead atoms. The summed E-state index contributed by atoms with van der Waals surface area (Å²) in [5, 5.41) is 11.5. The molecule has 1 heteroatoms. The van der Waals surface area contributed by atoms with Crippen LogP contribution in [-0.4, -0.2) is 10.7 Å². The molecule has 0 saturated heterocycles. The quantitative estimate of drug-likeness (QED) is 0.420.